The number of hydrogen-bond donors (Lipinski definition) is 1. The van der Waals surface area contributed by atoms with E-state index < -0.39 is 11.7 Å². The van der Waals surface area contributed by atoms with Crippen LogP contribution in [-0.2, 0) is 4.74 Å². The maximum Gasteiger partial charge on any atom is 0.410 e. The molecule has 0 spiro atoms. The summed E-state index contributed by atoms with van der Waals surface area (Å²) in [7, 11) is 0. The summed E-state index contributed by atoms with van der Waals surface area (Å²) < 4.78 is 5.50. The van der Waals surface area contributed by atoms with E-state index in [1.807, 2.05) is 32.9 Å². The molecule has 0 aliphatic carbocycles. The number of likely N-dealkylation sites (tertiary alicyclic amines) is 1. The van der Waals surface area contributed by atoms with Crippen LogP contribution in [0.15, 0.2) is 12.2 Å². The Bertz CT molecular complexity index is 373. The van der Waals surface area contributed by atoms with E-state index in [1.165, 1.54) is 19.3 Å². The van der Waals surface area contributed by atoms with Crippen LogP contribution in [0.5, 0.6) is 0 Å². The third-order valence-corrected chi connectivity index (χ3v) is 4.09. The minimum Gasteiger partial charge on any atom is -0.444 e. The van der Waals surface area contributed by atoms with Crippen LogP contribution in [0.4, 0.5) is 4.79 Å². The van der Waals surface area contributed by atoms with Crippen LogP contribution in [0.1, 0.15) is 79.1 Å². The fourth-order valence-corrected chi connectivity index (χ4v) is 2.84. The SMILES string of the molecule is CCCCCCC(O)/C=C/C1CCCCN1C(=O)OC(C)(C)C. The van der Waals surface area contributed by atoms with Gasteiger partial charge >= 0.3 is 6.09 Å². The van der Waals surface area contributed by atoms with Gasteiger partial charge in [-0.3, -0.25) is 0 Å². The van der Waals surface area contributed by atoms with E-state index in [2.05, 4.69) is 6.92 Å². The van der Waals surface area contributed by atoms with Gasteiger partial charge in [-0.1, -0.05) is 44.8 Å². The fraction of sp³-hybridized carbons (Fsp3) is 0.842. The molecule has 0 bridgehead atoms. The van der Waals surface area contributed by atoms with E-state index in [0.717, 1.165) is 38.6 Å². The Morgan fingerprint density at radius 2 is 2.04 bits per heavy atom. The number of piperidine rings is 1. The van der Waals surface area contributed by atoms with Crippen molar-refractivity contribution in [2.24, 2.45) is 0 Å². The van der Waals surface area contributed by atoms with Crippen molar-refractivity contribution in [1.29, 1.82) is 0 Å². The van der Waals surface area contributed by atoms with Gasteiger partial charge in [0.2, 0.25) is 0 Å². The second-order valence-corrected chi connectivity index (χ2v) is 7.54. The summed E-state index contributed by atoms with van der Waals surface area (Å²) in [5.41, 5.74) is -0.471. The Labute approximate surface area is 141 Å². The predicted octanol–water partition coefficient (Wildman–Crippen LogP) is 4.66. The Kier molecular flexibility index (Phi) is 8.67. The zero-order chi connectivity index (χ0) is 17.3. The molecule has 1 heterocycles. The molecule has 134 valence electrons. The number of aliphatic hydroxyl groups is 1. The molecular weight excluding hydrogens is 290 g/mol. The molecule has 23 heavy (non-hydrogen) atoms. The molecule has 2 unspecified atom stereocenters. The van der Waals surface area contributed by atoms with Crippen molar-refractivity contribution in [3.05, 3.63) is 12.2 Å². The number of hydrogen-bond acceptors (Lipinski definition) is 3. The van der Waals surface area contributed by atoms with Crippen LogP contribution in [0.2, 0.25) is 0 Å². The lowest BCUT2D eigenvalue weighted by molar-refractivity contribution is 0.0148. The van der Waals surface area contributed by atoms with Gasteiger partial charge in [0, 0.05) is 6.54 Å². The number of amides is 1. The first-order chi connectivity index (χ1) is 10.8. The minimum absolute atomic E-state index is 0.0453. The molecule has 1 saturated heterocycles. The Morgan fingerprint density at radius 1 is 1.30 bits per heavy atom. The molecule has 0 radical (unpaired) electrons. The predicted molar refractivity (Wildman–Crippen MR) is 94.5 cm³/mol. The summed E-state index contributed by atoms with van der Waals surface area (Å²) in [5, 5.41) is 10.1. The lowest BCUT2D eigenvalue weighted by Gasteiger charge is -2.35. The molecule has 1 aliphatic rings. The second-order valence-electron chi connectivity index (χ2n) is 7.54. The Balaban J connectivity index is 2.50. The quantitative estimate of drug-likeness (QED) is 0.547. The van der Waals surface area contributed by atoms with Crippen molar-refractivity contribution < 1.29 is 14.6 Å². The van der Waals surface area contributed by atoms with E-state index in [0.29, 0.717) is 0 Å². The van der Waals surface area contributed by atoms with Crippen LogP contribution >= 0.6 is 0 Å². The molecular formula is C19H35NO3. The standard InChI is InChI=1S/C19H35NO3/c1-5-6-7-8-12-17(21)14-13-16-11-9-10-15-20(16)18(22)23-19(2,3)4/h13-14,16-17,21H,5-12,15H2,1-4H3/b14-13+. The molecule has 1 N–H and O–H groups in total. The molecule has 1 aliphatic heterocycles. The number of unbranched alkanes of at least 4 members (excludes halogenated alkanes) is 3. The monoisotopic (exact) mass is 325 g/mol. The van der Waals surface area contributed by atoms with E-state index >= 15 is 0 Å². The molecule has 0 aromatic carbocycles. The maximum atomic E-state index is 12.3. The fourth-order valence-electron chi connectivity index (χ4n) is 2.84. The van der Waals surface area contributed by atoms with E-state index in [4.69, 9.17) is 4.74 Å². The summed E-state index contributed by atoms with van der Waals surface area (Å²) in [6, 6.07) is 0.0453. The van der Waals surface area contributed by atoms with E-state index in [9.17, 15) is 9.90 Å². The zero-order valence-corrected chi connectivity index (χ0v) is 15.4. The first-order valence-electron chi connectivity index (χ1n) is 9.19. The smallest absolute Gasteiger partial charge is 0.410 e. The normalized spacial score (nSPS) is 20.7. The number of aliphatic hydroxyl groups excluding tert-OH is 1. The largest absolute Gasteiger partial charge is 0.444 e. The zero-order valence-electron chi connectivity index (χ0n) is 15.4. The minimum atomic E-state index is -0.471. The van der Waals surface area contributed by atoms with Crippen molar-refractivity contribution in [3.63, 3.8) is 0 Å². The van der Waals surface area contributed by atoms with Crippen molar-refractivity contribution in [3.8, 4) is 0 Å². The average Bonchev–Trinajstić information content (AvgIpc) is 2.48. The van der Waals surface area contributed by atoms with E-state index in [-0.39, 0.29) is 12.1 Å². The highest BCUT2D eigenvalue weighted by atomic mass is 16.6. The summed E-state index contributed by atoms with van der Waals surface area (Å²) in [6.45, 7) is 8.58. The molecule has 4 nitrogen and oxygen atoms in total. The molecule has 0 saturated carbocycles. The van der Waals surface area contributed by atoms with Crippen LogP contribution in [0.25, 0.3) is 0 Å². The molecule has 0 aromatic heterocycles. The highest BCUT2D eigenvalue weighted by molar-refractivity contribution is 5.69. The van der Waals surface area contributed by atoms with Crippen LogP contribution < -0.4 is 0 Å². The topological polar surface area (TPSA) is 49.8 Å². The van der Waals surface area contributed by atoms with Crippen molar-refractivity contribution >= 4 is 6.09 Å². The molecule has 2 atom stereocenters. The van der Waals surface area contributed by atoms with Gasteiger partial charge in [-0.2, -0.15) is 0 Å². The number of carbonyl (C=O) groups excluding carboxylic acids is 1. The van der Waals surface area contributed by atoms with Crippen molar-refractivity contribution in [2.75, 3.05) is 6.54 Å². The first kappa shape index (κ1) is 20.0. The molecule has 4 heteroatoms. The molecule has 1 amide bonds. The van der Waals surface area contributed by atoms with Gasteiger partial charge in [-0.15, -0.1) is 0 Å². The van der Waals surface area contributed by atoms with Crippen molar-refractivity contribution in [1.82, 2.24) is 4.90 Å². The third-order valence-electron chi connectivity index (χ3n) is 4.09. The van der Waals surface area contributed by atoms with Gasteiger partial charge in [-0.25, -0.2) is 4.79 Å². The second kappa shape index (κ2) is 9.96. The summed E-state index contributed by atoms with van der Waals surface area (Å²) in [4.78, 5) is 14.1. The maximum absolute atomic E-state index is 12.3. The molecule has 1 rings (SSSR count). The number of carbonyl (C=O) groups is 1. The van der Waals surface area contributed by atoms with Gasteiger partial charge in [0.15, 0.2) is 0 Å². The lowest BCUT2D eigenvalue weighted by atomic mass is 10.0. The van der Waals surface area contributed by atoms with E-state index in [1.54, 1.807) is 4.90 Å². The van der Waals surface area contributed by atoms with Gasteiger partial charge in [-0.05, 0) is 46.5 Å². The van der Waals surface area contributed by atoms with Crippen LogP contribution in [-0.4, -0.2) is 40.4 Å². The van der Waals surface area contributed by atoms with Crippen molar-refractivity contribution in [2.45, 2.75) is 96.8 Å². The average molecular weight is 325 g/mol. The molecule has 0 aromatic rings. The van der Waals surface area contributed by atoms with Crippen LogP contribution in [0, 0.1) is 0 Å². The highest BCUT2D eigenvalue weighted by Gasteiger charge is 2.29. The number of rotatable bonds is 7. The van der Waals surface area contributed by atoms with Gasteiger partial charge in [0.1, 0.15) is 5.60 Å². The van der Waals surface area contributed by atoms with Gasteiger partial charge in [0.25, 0.3) is 0 Å². The number of ether oxygens (including phenoxy) is 1. The summed E-state index contributed by atoms with van der Waals surface area (Å²) in [5.74, 6) is 0. The molecule has 1 fully saturated rings. The highest BCUT2D eigenvalue weighted by Crippen LogP contribution is 2.21. The Hall–Kier alpha value is -1.03. The summed E-state index contributed by atoms with van der Waals surface area (Å²) >= 11 is 0. The van der Waals surface area contributed by atoms with Gasteiger partial charge < -0.3 is 14.7 Å². The third kappa shape index (κ3) is 8.40. The van der Waals surface area contributed by atoms with Crippen LogP contribution in [0.3, 0.4) is 0 Å². The lowest BCUT2D eigenvalue weighted by Crippen LogP contribution is -2.45. The van der Waals surface area contributed by atoms with Gasteiger partial charge in [0.05, 0.1) is 12.1 Å². The number of nitrogens with zero attached hydrogens (tertiary/aromatic N) is 1. The first-order valence-corrected chi connectivity index (χ1v) is 9.19. The Morgan fingerprint density at radius 3 is 2.70 bits per heavy atom. The summed E-state index contributed by atoms with van der Waals surface area (Å²) in [6.07, 6.45) is 11.7.